The second kappa shape index (κ2) is 5.99. The molecule has 1 heterocycles. The zero-order chi connectivity index (χ0) is 12.2. The van der Waals surface area contributed by atoms with Crippen LogP contribution in [0.25, 0.3) is 0 Å². The van der Waals surface area contributed by atoms with E-state index in [0.717, 1.165) is 12.5 Å². The largest absolute Gasteiger partial charge is 0.329 e. The predicted molar refractivity (Wildman–Crippen MR) is 70.6 cm³/mol. The molecule has 0 aliphatic carbocycles. The molecule has 0 unspecified atom stereocenters. The van der Waals surface area contributed by atoms with E-state index in [2.05, 4.69) is 37.5 Å². The monoisotopic (exact) mass is 227 g/mol. The van der Waals surface area contributed by atoms with Crippen molar-refractivity contribution in [2.75, 3.05) is 39.3 Å². The number of piperazine rings is 1. The summed E-state index contributed by atoms with van der Waals surface area (Å²) in [5.41, 5.74) is 5.99. The standard InChI is InChI=1S/C13H29N3/c1-12(2)5-6-15-7-9-16(10-8-15)13(3,4)11-14/h12H,5-11,14H2,1-4H3. The van der Waals surface area contributed by atoms with Gasteiger partial charge in [-0.3, -0.25) is 4.90 Å². The highest BCUT2D eigenvalue weighted by Gasteiger charge is 2.28. The molecule has 1 fully saturated rings. The molecule has 0 spiro atoms. The molecule has 3 heteroatoms. The molecule has 0 atom stereocenters. The highest BCUT2D eigenvalue weighted by atomic mass is 15.3. The lowest BCUT2D eigenvalue weighted by Gasteiger charge is -2.43. The van der Waals surface area contributed by atoms with Gasteiger partial charge in [0.2, 0.25) is 0 Å². The van der Waals surface area contributed by atoms with Gasteiger partial charge in [0.15, 0.2) is 0 Å². The SMILES string of the molecule is CC(C)CCN1CCN(C(C)(C)CN)CC1. The number of nitrogens with two attached hydrogens (primary N) is 1. The average Bonchev–Trinajstić information content (AvgIpc) is 2.27. The second-order valence-corrected chi connectivity index (χ2v) is 6.03. The molecule has 0 aromatic carbocycles. The van der Waals surface area contributed by atoms with E-state index in [1.165, 1.54) is 39.1 Å². The number of rotatable bonds is 5. The summed E-state index contributed by atoms with van der Waals surface area (Å²) in [6, 6.07) is 0. The smallest absolute Gasteiger partial charge is 0.0276 e. The highest BCUT2D eigenvalue weighted by molar-refractivity contribution is 4.86. The van der Waals surface area contributed by atoms with Gasteiger partial charge in [-0.1, -0.05) is 13.8 Å². The Kier molecular flexibility index (Phi) is 5.22. The summed E-state index contributed by atoms with van der Waals surface area (Å²) in [7, 11) is 0. The number of hydrogen-bond donors (Lipinski definition) is 1. The summed E-state index contributed by atoms with van der Waals surface area (Å²) < 4.78 is 0. The molecule has 0 bridgehead atoms. The van der Waals surface area contributed by atoms with Gasteiger partial charge in [0.1, 0.15) is 0 Å². The van der Waals surface area contributed by atoms with Crippen molar-refractivity contribution in [3.63, 3.8) is 0 Å². The van der Waals surface area contributed by atoms with E-state index in [1.54, 1.807) is 0 Å². The van der Waals surface area contributed by atoms with Gasteiger partial charge in [-0.2, -0.15) is 0 Å². The van der Waals surface area contributed by atoms with Crippen molar-refractivity contribution in [2.24, 2.45) is 11.7 Å². The first-order valence-electron chi connectivity index (χ1n) is 6.63. The first-order valence-corrected chi connectivity index (χ1v) is 6.63. The van der Waals surface area contributed by atoms with Crippen molar-refractivity contribution in [3.8, 4) is 0 Å². The van der Waals surface area contributed by atoms with E-state index >= 15 is 0 Å². The normalized spacial score (nSPS) is 20.6. The average molecular weight is 227 g/mol. The Morgan fingerprint density at radius 1 is 1.12 bits per heavy atom. The topological polar surface area (TPSA) is 32.5 Å². The molecule has 1 aliphatic rings. The molecule has 1 rings (SSSR count). The van der Waals surface area contributed by atoms with Crippen LogP contribution in [0, 0.1) is 5.92 Å². The summed E-state index contributed by atoms with van der Waals surface area (Å²) in [5, 5.41) is 0. The fourth-order valence-electron chi connectivity index (χ4n) is 2.15. The van der Waals surface area contributed by atoms with E-state index in [-0.39, 0.29) is 5.54 Å². The lowest BCUT2D eigenvalue weighted by Crippen LogP contribution is -2.57. The van der Waals surface area contributed by atoms with Crippen molar-refractivity contribution in [1.29, 1.82) is 0 Å². The minimum Gasteiger partial charge on any atom is -0.329 e. The van der Waals surface area contributed by atoms with E-state index in [0.29, 0.717) is 0 Å². The van der Waals surface area contributed by atoms with E-state index < -0.39 is 0 Å². The van der Waals surface area contributed by atoms with Crippen LogP contribution in [0.1, 0.15) is 34.1 Å². The minimum absolute atomic E-state index is 0.171. The van der Waals surface area contributed by atoms with Crippen LogP contribution >= 0.6 is 0 Å². The fourth-order valence-corrected chi connectivity index (χ4v) is 2.15. The van der Waals surface area contributed by atoms with Crippen LogP contribution in [0.4, 0.5) is 0 Å². The van der Waals surface area contributed by atoms with Gasteiger partial charge in [-0.05, 0) is 32.7 Å². The van der Waals surface area contributed by atoms with Crippen LogP contribution in [0.3, 0.4) is 0 Å². The van der Waals surface area contributed by atoms with Crippen LogP contribution in [0.15, 0.2) is 0 Å². The second-order valence-electron chi connectivity index (χ2n) is 6.03. The molecular formula is C13H29N3. The fraction of sp³-hybridized carbons (Fsp3) is 1.00. The molecule has 1 saturated heterocycles. The molecule has 0 aromatic rings. The highest BCUT2D eigenvalue weighted by Crippen LogP contribution is 2.16. The van der Waals surface area contributed by atoms with Crippen molar-refractivity contribution in [3.05, 3.63) is 0 Å². The van der Waals surface area contributed by atoms with Crippen LogP contribution in [-0.4, -0.2) is 54.6 Å². The lowest BCUT2D eigenvalue weighted by molar-refractivity contribution is 0.0551. The van der Waals surface area contributed by atoms with Gasteiger partial charge in [0, 0.05) is 38.3 Å². The van der Waals surface area contributed by atoms with Crippen molar-refractivity contribution in [2.45, 2.75) is 39.7 Å². The Hall–Kier alpha value is -0.120. The maximum absolute atomic E-state index is 5.81. The Bertz CT molecular complexity index is 193. The third-order valence-electron chi connectivity index (χ3n) is 3.75. The molecule has 96 valence electrons. The van der Waals surface area contributed by atoms with Crippen LogP contribution in [-0.2, 0) is 0 Å². The molecule has 0 amide bonds. The summed E-state index contributed by atoms with van der Waals surface area (Å²) in [6.45, 7) is 15.8. The quantitative estimate of drug-likeness (QED) is 0.770. The Morgan fingerprint density at radius 2 is 1.69 bits per heavy atom. The lowest BCUT2D eigenvalue weighted by atomic mass is 10.0. The van der Waals surface area contributed by atoms with Crippen molar-refractivity contribution in [1.82, 2.24) is 9.80 Å². The Morgan fingerprint density at radius 3 is 2.12 bits per heavy atom. The van der Waals surface area contributed by atoms with Crippen LogP contribution in [0.5, 0.6) is 0 Å². The van der Waals surface area contributed by atoms with Gasteiger partial charge < -0.3 is 10.6 Å². The maximum atomic E-state index is 5.81. The third kappa shape index (κ3) is 4.04. The molecular weight excluding hydrogens is 198 g/mol. The van der Waals surface area contributed by atoms with Crippen LogP contribution in [0.2, 0.25) is 0 Å². The molecule has 3 nitrogen and oxygen atoms in total. The van der Waals surface area contributed by atoms with Gasteiger partial charge in [0.05, 0.1) is 0 Å². The summed E-state index contributed by atoms with van der Waals surface area (Å²) in [4.78, 5) is 5.11. The zero-order valence-electron chi connectivity index (χ0n) is 11.5. The minimum atomic E-state index is 0.171. The summed E-state index contributed by atoms with van der Waals surface area (Å²) in [5.74, 6) is 0.818. The van der Waals surface area contributed by atoms with E-state index in [4.69, 9.17) is 5.73 Å². The number of hydrogen-bond acceptors (Lipinski definition) is 3. The molecule has 16 heavy (non-hydrogen) atoms. The summed E-state index contributed by atoms with van der Waals surface area (Å²) in [6.07, 6.45) is 1.32. The molecule has 1 aliphatic heterocycles. The molecule has 2 N–H and O–H groups in total. The Labute approximate surface area is 101 Å². The summed E-state index contributed by atoms with van der Waals surface area (Å²) >= 11 is 0. The van der Waals surface area contributed by atoms with Crippen LogP contribution < -0.4 is 5.73 Å². The first kappa shape index (κ1) is 13.9. The van der Waals surface area contributed by atoms with Gasteiger partial charge in [0.25, 0.3) is 0 Å². The third-order valence-corrected chi connectivity index (χ3v) is 3.75. The van der Waals surface area contributed by atoms with Crippen molar-refractivity contribution < 1.29 is 0 Å². The van der Waals surface area contributed by atoms with E-state index in [9.17, 15) is 0 Å². The molecule has 0 aromatic heterocycles. The maximum Gasteiger partial charge on any atom is 0.0276 e. The Balaban J connectivity index is 2.28. The predicted octanol–water partition coefficient (Wildman–Crippen LogP) is 1.39. The number of nitrogens with zero attached hydrogens (tertiary/aromatic N) is 2. The van der Waals surface area contributed by atoms with Gasteiger partial charge >= 0.3 is 0 Å². The molecule has 0 saturated carbocycles. The van der Waals surface area contributed by atoms with Gasteiger partial charge in [-0.15, -0.1) is 0 Å². The molecule has 0 radical (unpaired) electrons. The van der Waals surface area contributed by atoms with Gasteiger partial charge in [-0.25, -0.2) is 0 Å². The van der Waals surface area contributed by atoms with Crippen molar-refractivity contribution >= 4 is 0 Å². The van der Waals surface area contributed by atoms with E-state index in [1.807, 2.05) is 0 Å². The zero-order valence-corrected chi connectivity index (χ0v) is 11.5. The first-order chi connectivity index (χ1) is 7.45.